The zero-order chi connectivity index (χ0) is 16.0. The Labute approximate surface area is 133 Å². The molecule has 0 spiro atoms. The molecular weight excluding hydrogens is 318 g/mol. The van der Waals surface area contributed by atoms with Crippen molar-refractivity contribution in [1.82, 2.24) is 4.90 Å². The van der Waals surface area contributed by atoms with Gasteiger partial charge in [0.25, 0.3) is 0 Å². The van der Waals surface area contributed by atoms with Crippen molar-refractivity contribution < 1.29 is 9.90 Å². The predicted octanol–water partition coefficient (Wildman–Crippen LogP) is 4.71. The fraction of sp³-hybridized carbons (Fsp3) is 0.812. The summed E-state index contributed by atoms with van der Waals surface area (Å²) in [7, 11) is 3.83. The van der Waals surface area contributed by atoms with Gasteiger partial charge >= 0.3 is 5.97 Å². The van der Waals surface area contributed by atoms with E-state index in [1.807, 2.05) is 25.9 Å². The quantitative estimate of drug-likeness (QED) is 0.372. The monoisotopic (exact) mass is 349 g/mol. The molecule has 1 atom stereocenters. The molecule has 0 aromatic rings. The number of alkyl halides is 1. The molecule has 0 radical (unpaired) electrons. The van der Waals surface area contributed by atoms with E-state index in [1.165, 1.54) is 43.9 Å². The van der Waals surface area contributed by atoms with Crippen LogP contribution in [0.25, 0.3) is 0 Å². The molecule has 1 N–H and O–H groups in total. The van der Waals surface area contributed by atoms with Gasteiger partial charge in [0, 0.05) is 16.9 Å². The summed E-state index contributed by atoms with van der Waals surface area (Å²) in [5, 5.41) is 9.71. The Balaban J connectivity index is 0. The summed E-state index contributed by atoms with van der Waals surface area (Å²) in [4.78, 5) is 12.3. The second-order valence-corrected chi connectivity index (χ2v) is 6.11. The van der Waals surface area contributed by atoms with Gasteiger partial charge in [0.05, 0.1) is 0 Å². The molecule has 0 heterocycles. The van der Waals surface area contributed by atoms with Gasteiger partial charge in [0.2, 0.25) is 0 Å². The Kier molecular flexibility index (Phi) is 16.5. The number of carbonyl (C=O) groups is 1. The number of carboxylic acids is 1. The lowest BCUT2D eigenvalue weighted by Gasteiger charge is -2.15. The maximum Gasteiger partial charge on any atom is 0.331 e. The smallest absolute Gasteiger partial charge is 0.331 e. The molecule has 1 unspecified atom stereocenters. The average Bonchev–Trinajstić information content (AvgIpc) is 2.39. The Morgan fingerprint density at radius 1 is 1.20 bits per heavy atom. The van der Waals surface area contributed by atoms with Gasteiger partial charge in [0.15, 0.2) is 0 Å². The van der Waals surface area contributed by atoms with Gasteiger partial charge in [-0.2, -0.15) is 0 Å². The molecule has 0 saturated heterocycles. The summed E-state index contributed by atoms with van der Waals surface area (Å²) in [5.41, 5.74) is 0.395. The number of carboxylic acid groups (broad SMARTS) is 1. The van der Waals surface area contributed by atoms with Crippen molar-refractivity contribution in [3.05, 3.63) is 11.6 Å². The molecule has 3 nitrogen and oxygen atoms in total. The van der Waals surface area contributed by atoms with Gasteiger partial charge in [-0.15, -0.1) is 0 Å². The van der Waals surface area contributed by atoms with Crippen LogP contribution in [-0.4, -0.2) is 41.4 Å². The van der Waals surface area contributed by atoms with E-state index in [0.29, 0.717) is 5.57 Å². The molecule has 0 aromatic carbocycles. The molecule has 0 saturated carbocycles. The van der Waals surface area contributed by atoms with Crippen molar-refractivity contribution in [1.29, 1.82) is 0 Å². The highest BCUT2D eigenvalue weighted by Gasteiger charge is 2.04. The van der Waals surface area contributed by atoms with Crippen LogP contribution in [0.4, 0.5) is 0 Å². The second-order valence-electron chi connectivity index (χ2n) is 5.32. The molecule has 0 amide bonds. The minimum absolute atomic E-state index is 0.172. The predicted molar refractivity (Wildman–Crippen MR) is 91.7 cm³/mol. The van der Waals surface area contributed by atoms with E-state index in [4.69, 9.17) is 5.11 Å². The Morgan fingerprint density at radius 3 is 2.10 bits per heavy atom. The first kappa shape index (κ1) is 21.9. The lowest BCUT2D eigenvalue weighted by atomic mass is 10.1. The van der Waals surface area contributed by atoms with E-state index in [2.05, 4.69) is 22.9 Å². The number of halogens is 1. The summed E-state index contributed by atoms with van der Waals surface area (Å²) >= 11 is 3.42. The van der Waals surface area contributed by atoms with E-state index in [0.717, 1.165) is 0 Å². The summed E-state index contributed by atoms with van der Waals surface area (Å²) < 4.78 is 0. The maximum atomic E-state index is 10.4. The first-order valence-electron chi connectivity index (χ1n) is 7.50. The number of nitrogens with zero attached hydrogens (tertiary/aromatic N) is 1. The summed E-state index contributed by atoms with van der Waals surface area (Å²) in [6.07, 6.45) is 10.1. The van der Waals surface area contributed by atoms with Crippen LogP contribution in [0.2, 0.25) is 0 Å². The number of hydrogen-bond acceptors (Lipinski definition) is 2. The minimum Gasteiger partial charge on any atom is -0.478 e. The number of rotatable bonds is 9. The Morgan fingerprint density at radius 2 is 1.70 bits per heavy atom. The fourth-order valence-electron chi connectivity index (χ4n) is 1.46. The Hall–Kier alpha value is -0.350. The molecule has 4 heteroatoms. The lowest BCUT2D eigenvalue weighted by molar-refractivity contribution is -0.132. The van der Waals surface area contributed by atoms with E-state index < -0.39 is 5.97 Å². The molecule has 0 fully saturated rings. The normalized spacial score (nSPS) is 12.8. The number of hydrogen-bond donors (Lipinski definition) is 1. The SMILES string of the molecule is CC(=CC(C)N(C)C)C(=O)O.CCCCCCCCBr. The van der Waals surface area contributed by atoms with Crippen molar-refractivity contribution in [2.24, 2.45) is 0 Å². The molecule has 0 aliphatic heterocycles. The molecule has 120 valence electrons. The largest absolute Gasteiger partial charge is 0.478 e. The van der Waals surface area contributed by atoms with Crippen LogP contribution in [0.15, 0.2) is 11.6 Å². The second kappa shape index (κ2) is 15.0. The maximum absolute atomic E-state index is 10.4. The third-order valence-electron chi connectivity index (χ3n) is 3.13. The fourth-order valence-corrected chi connectivity index (χ4v) is 1.85. The standard InChI is InChI=1S/C8H17Br.C8H15NO2/c1-2-3-4-5-6-7-8-9;1-6(8(10)11)5-7(2)9(3)4/h2-8H2,1H3;5,7H,1-4H3,(H,10,11). The molecule has 0 rings (SSSR count). The van der Waals surface area contributed by atoms with Crippen molar-refractivity contribution in [2.45, 2.75) is 65.3 Å². The number of likely N-dealkylation sites (N-methyl/N-ethyl adjacent to an activating group) is 1. The summed E-state index contributed by atoms with van der Waals surface area (Å²) in [6, 6.07) is 0.172. The van der Waals surface area contributed by atoms with Gasteiger partial charge in [-0.3, -0.25) is 0 Å². The molecule has 0 aliphatic rings. The highest BCUT2D eigenvalue weighted by Crippen LogP contribution is 2.05. The molecule has 20 heavy (non-hydrogen) atoms. The van der Waals surface area contributed by atoms with Crippen LogP contribution in [-0.2, 0) is 4.79 Å². The molecular formula is C16H32BrNO2. The van der Waals surface area contributed by atoms with Crippen molar-refractivity contribution in [3.8, 4) is 0 Å². The van der Waals surface area contributed by atoms with E-state index in [-0.39, 0.29) is 6.04 Å². The molecule has 0 bridgehead atoms. The van der Waals surface area contributed by atoms with Gasteiger partial charge < -0.3 is 10.0 Å². The zero-order valence-corrected chi connectivity index (χ0v) is 15.4. The molecule has 0 aliphatic carbocycles. The average molecular weight is 350 g/mol. The third kappa shape index (κ3) is 15.7. The van der Waals surface area contributed by atoms with E-state index >= 15 is 0 Å². The van der Waals surface area contributed by atoms with Crippen LogP contribution in [0.3, 0.4) is 0 Å². The third-order valence-corrected chi connectivity index (χ3v) is 3.69. The lowest BCUT2D eigenvalue weighted by Crippen LogP contribution is -2.23. The summed E-state index contributed by atoms with van der Waals surface area (Å²) in [5.74, 6) is -0.848. The highest BCUT2D eigenvalue weighted by molar-refractivity contribution is 9.09. The van der Waals surface area contributed by atoms with Crippen LogP contribution < -0.4 is 0 Å². The van der Waals surface area contributed by atoms with E-state index in [9.17, 15) is 4.79 Å². The number of aliphatic carboxylic acids is 1. The number of unbranched alkanes of at least 4 members (excludes halogenated alkanes) is 5. The topological polar surface area (TPSA) is 40.5 Å². The van der Waals surface area contributed by atoms with Crippen LogP contribution in [0.1, 0.15) is 59.3 Å². The van der Waals surface area contributed by atoms with Gasteiger partial charge in [0.1, 0.15) is 0 Å². The van der Waals surface area contributed by atoms with Gasteiger partial charge in [-0.25, -0.2) is 4.79 Å². The van der Waals surface area contributed by atoms with Crippen molar-refractivity contribution in [2.75, 3.05) is 19.4 Å². The van der Waals surface area contributed by atoms with Crippen LogP contribution in [0, 0.1) is 0 Å². The van der Waals surface area contributed by atoms with Crippen molar-refractivity contribution in [3.63, 3.8) is 0 Å². The highest BCUT2D eigenvalue weighted by atomic mass is 79.9. The summed E-state index contributed by atoms with van der Waals surface area (Å²) in [6.45, 7) is 5.80. The first-order valence-corrected chi connectivity index (χ1v) is 8.63. The van der Waals surface area contributed by atoms with Crippen LogP contribution >= 0.6 is 15.9 Å². The van der Waals surface area contributed by atoms with Gasteiger partial charge in [-0.1, -0.05) is 61.0 Å². The zero-order valence-electron chi connectivity index (χ0n) is 13.8. The first-order chi connectivity index (χ1) is 9.36. The minimum atomic E-state index is -0.848. The van der Waals surface area contributed by atoms with Crippen LogP contribution in [0.5, 0.6) is 0 Å². The van der Waals surface area contributed by atoms with Crippen molar-refractivity contribution >= 4 is 21.9 Å². The Bertz CT molecular complexity index is 259. The van der Waals surface area contributed by atoms with E-state index in [1.54, 1.807) is 13.0 Å². The molecule has 0 aromatic heterocycles. The van der Waals surface area contributed by atoms with Gasteiger partial charge in [-0.05, 0) is 34.4 Å².